The molecule has 5 nitrogen and oxygen atoms in total. The Morgan fingerprint density at radius 2 is 2.22 bits per heavy atom. The van der Waals surface area contributed by atoms with Gasteiger partial charge < -0.3 is 9.88 Å². The smallest absolute Gasteiger partial charge is 0.149 e. The fourth-order valence-electron chi connectivity index (χ4n) is 3.20. The molecule has 1 aromatic heterocycles. The molecule has 2 fully saturated rings. The molecule has 1 aliphatic carbocycles. The maximum Gasteiger partial charge on any atom is 0.149 e. The van der Waals surface area contributed by atoms with Crippen LogP contribution in [0.3, 0.4) is 0 Å². The molecule has 1 aliphatic heterocycles. The van der Waals surface area contributed by atoms with Crippen molar-refractivity contribution >= 4 is 0 Å². The van der Waals surface area contributed by atoms with Crippen LogP contribution < -0.4 is 5.32 Å². The van der Waals surface area contributed by atoms with Crippen LogP contribution in [0.4, 0.5) is 0 Å². The van der Waals surface area contributed by atoms with Crippen LogP contribution in [0.25, 0.3) is 0 Å². The van der Waals surface area contributed by atoms with Crippen LogP contribution in [0.2, 0.25) is 0 Å². The van der Waals surface area contributed by atoms with Gasteiger partial charge in [0.25, 0.3) is 0 Å². The highest BCUT2D eigenvalue weighted by Gasteiger charge is 2.39. The first-order valence-electron chi connectivity index (χ1n) is 7.01. The van der Waals surface area contributed by atoms with Gasteiger partial charge in [0, 0.05) is 31.7 Å². The van der Waals surface area contributed by atoms with Crippen molar-refractivity contribution in [1.82, 2.24) is 25.0 Å². The Balaban J connectivity index is 1.59. The molecule has 18 heavy (non-hydrogen) atoms. The minimum Gasteiger partial charge on any atom is -0.319 e. The van der Waals surface area contributed by atoms with Crippen molar-refractivity contribution in [1.29, 1.82) is 0 Å². The van der Waals surface area contributed by atoms with Gasteiger partial charge in [0.15, 0.2) is 0 Å². The van der Waals surface area contributed by atoms with E-state index in [1.54, 1.807) is 6.33 Å². The van der Waals surface area contributed by atoms with Crippen LogP contribution in [0, 0.1) is 0 Å². The Labute approximate surface area is 109 Å². The summed E-state index contributed by atoms with van der Waals surface area (Å²) in [5.74, 6) is 1.02. The van der Waals surface area contributed by atoms with Gasteiger partial charge in [-0.2, -0.15) is 0 Å². The van der Waals surface area contributed by atoms with Gasteiger partial charge in [-0.05, 0) is 33.1 Å². The topological polar surface area (TPSA) is 46.0 Å². The molecule has 100 valence electrons. The number of nitrogens with zero attached hydrogens (tertiary/aromatic N) is 4. The molecule has 1 saturated carbocycles. The van der Waals surface area contributed by atoms with E-state index < -0.39 is 0 Å². The van der Waals surface area contributed by atoms with Crippen molar-refractivity contribution < 1.29 is 0 Å². The lowest BCUT2D eigenvalue weighted by Crippen LogP contribution is -2.36. The highest BCUT2D eigenvalue weighted by atomic mass is 15.3. The van der Waals surface area contributed by atoms with Gasteiger partial charge in [-0.1, -0.05) is 0 Å². The van der Waals surface area contributed by atoms with Crippen molar-refractivity contribution in [2.45, 2.75) is 57.3 Å². The highest BCUT2D eigenvalue weighted by molar-refractivity contribution is 4.99. The lowest BCUT2D eigenvalue weighted by atomic mass is 10.1. The third kappa shape index (κ3) is 2.29. The minimum absolute atomic E-state index is 0.272. The monoisotopic (exact) mass is 249 g/mol. The summed E-state index contributed by atoms with van der Waals surface area (Å²) in [5, 5.41) is 11.8. The van der Waals surface area contributed by atoms with Crippen LogP contribution in [0.1, 0.15) is 45.0 Å². The number of likely N-dealkylation sites (tertiary alicyclic amines) is 1. The number of hydrogen-bond donors (Lipinski definition) is 1. The Morgan fingerprint density at radius 1 is 1.44 bits per heavy atom. The van der Waals surface area contributed by atoms with E-state index in [4.69, 9.17) is 0 Å². The second-order valence-electron chi connectivity index (χ2n) is 5.90. The van der Waals surface area contributed by atoms with Crippen LogP contribution in [-0.2, 0) is 7.05 Å². The van der Waals surface area contributed by atoms with Gasteiger partial charge >= 0.3 is 0 Å². The maximum atomic E-state index is 4.18. The van der Waals surface area contributed by atoms with Crippen molar-refractivity contribution in [3.63, 3.8) is 0 Å². The molecule has 3 unspecified atom stereocenters. The van der Waals surface area contributed by atoms with E-state index in [0.717, 1.165) is 17.9 Å². The largest absolute Gasteiger partial charge is 0.319 e. The zero-order valence-electron chi connectivity index (χ0n) is 11.5. The molecule has 0 amide bonds. The van der Waals surface area contributed by atoms with Gasteiger partial charge in [0.1, 0.15) is 12.2 Å². The quantitative estimate of drug-likeness (QED) is 0.867. The highest BCUT2D eigenvalue weighted by Crippen LogP contribution is 2.33. The number of hydrogen-bond acceptors (Lipinski definition) is 4. The predicted octanol–water partition coefficient (Wildman–Crippen LogP) is 1.09. The lowest BCUT2D eigenvalue weighted by molar-refractivity contribution is 0.254. The average molecular weight is 249 g/mol. The molecule has 0 aromatic carbocycles. The summed E-state index contributed by atoms with van der Waals surface area (Å²) < 4.78 is 1.99. The Kier molecular flexibility index (Phi) is 3.11. The Hall–Kier alpha value is -0.940. The second kappa shape index (κ2) is 4.63. The maximum absolute atomic E-state index is 4.18. The molecule has 1 aromatic rings. The van der Waals surface area contributed by atoms with Crippen molar-refractivity contribution in [2.24, 2.45) is 7.05 Å². The molecule has 0 radical (unpaired) electrons. The van der Waals surface area contributed by atoms with Crippen LogP contribution in [0.15, 0.2) is 6.33 Å². The molecule has 5 heteroatoms. The molecule has 3 rings (SSSR count). The van der Waals surface area contributed by atoms with E-state index in [9.17, 15) is 0 Å². The first kappa shape index (κ1) is 12.1. The summed E-state index contributed by atoms with van der Waals surface area (Å²) in [6, 6.07) is 2.46. The second-order valence-corrected chi connectivity index (χ2v) is 5.90. The molecular formula is C13H23N5. The summed E-state index contributed by atoms with van der Waals surface area (Å²) in [4.78, 5) is 2.67. The number of nitrogens with one attached hydrogen (secondary N) is 1. The van der Waals surface area contributed by atoms with E-state index in [1.807, 2.05) is 11.6 Å². The summed E-state index contributed by atoms with van der Waals surface area (Å²) >= 11 is 0. The molecule has 3 atom stereocenters. The molecule has 0 spiro atoms. The van der Waals surface area contributed by atoms with Gasteiger partial charge in [0.05, 0.1) is 6.04 Å². The molecule has 0 bridgehead atoms. The molecule has 2 aliphatic rings. The van der Waals surface area contributed by atoms with Crippen molar-refractivity contribution in [2.75, 3.05) is 6.54 Å². The van der Waals surface area contributed by atoms with Crippen LogP contribution in [0.5, 0.6) is 0 Å². The van der Waals surface area contributed by atoms with Crippen LogP contribution in [-0.4, -0.2) is 44.3 Å². The number of aromatic nitrogens is 3. The standard InChI is InChI=1S/C13H23N5/c1-9-6-11(7-18(9)12-4-5-12)15-10(2)13-16-14-8-17(13)3/h8-12,15H,4-7H2,1-3H3. The fraction of sp³-hybridized carbons (Fsp3) is 0.846. The zero-order chi connectivity index (χ0) is 12.7. The van der Waals surface area contributed by atoms with Gasteiger partial charge in [0.2, 0.25) is 0 Å². The number of rotatable bonds is 4. The third-order valence-electron chi connectivity index (χ3n) is 4.26. The first-order chi connectivity index (χ1) is 8.65. The normalized spacial score (nSPS) is 30.8. The van der Waals surface area contributed by atoms with Gasteiger partial charge in [-0.25, -0.2) is 0 Å². The summed E-state index contributed by atoms with van der Waals surface area (Å²) in [6.45, 7) is 5.72. The fourth-order valence-corrected chi connectivity index (χ4v) is 3.20. The summed E-state index contributed by atoms with van der Waals surface area (Å²) in [7, 11) is 2.00. The van der Waals surface area contributed by atoms with Crippen LogP contribution >= 0.6 is 0 Å². The summed E-state index contributed by atoms with van der Waals surface area (Å²) in [6.07, 6.45) is 5.81. The van der Waals surface area contributed by atoms with E-state index in [1.165, 1.54) is 25.8 Å². The van der Waals surface area contributed by atoms with E-state index in [-0.39, 0.29) is 6.04 Å². The average Bonchev–Trinajstić information content (AvgIpc) is 2.97. The first-order valence-corrected chi connectivity index (χ1v) is 7.01. The zero-order valence-corrected chi connectivity index (χ0v) is 11.5. The minimum atomic E-state index is 0.272. The van der Waals surface area contributed by atoms with E-state index in [0.29, 0.717) is 6.04 Å². The number of aryl methyl sites for hydroxylation is 1. The predicted molar refractivity (Wildman–Crippen MR) is 70.1 cm³/mol. The Morgan fingerprint density at radius 3 is 2.83 bits per heavy atom. The SMILES string of the molecule is CC(NC1CC(C)N(C2CC2)C1)c1nncn1C. The molecule has 2 heterocycles. The van der Waals surface area contributed by atoms with Crippen molar-refractivity contribution in [3.8, 4) is 0 Å². The molecule has 1 saturated heterocycles. The van der Waals surface area contributed by atoms with Gasteiger partial charge in [-0.15, -0.1) is 10.2 Å². The Bertz CT molecular complexity index is 411. The molecular weight excluding hydrogens is 226 g/mol. The molecule has 1 N–H and O–H groups in total. The third-order valence-corrected chi connectivity index (χ3v) is 4.26. The summed E-state index contributed by atoms with van der Waals surface area (Å²) in [5.41, 5.74) is 0. The lowest BCUT2D eigenvalue weighted by Gasteiger charge is -2.21. The van der Waals surface area contributed by atoms with Crippen molar-refractivity contribution in [3.05, 3.63) is 12.2 Å². The van der Waals surface area contributed by atoms with E-state index >= 15 is 0 Å². The van der Waals surface area contributed by atoms with E-state index in [2.05, 4.69) is 34.3 Å². The van der Waals surface area contributed by atoms with Gasteiger partial charge in [-0.3, -0.25) is 4.90 Å².